The number of piperidine rings is 1. The van der Waals surface area contributed by atoms with Gasteiger partial charge >= 0.3 is 6.03 Å². The Morgan fingerprint density at radius 2 is 1.70 bits per heavy atom. The van der Waals surface area contributed by atoms with E-state index in [4.69, 9.17) is 0 Å². The molecule has 166 valence electrons. The minimum absolute atomic E-state index is 0.0388. The molecule has 3 heterocycles. The average Bonchev–Trinajstić information content (AvgIpc) is 3.49. The molecule has 4 rings (SSSR count). The van der Waals surface area contributed by atoms with Gasteiger partial charge in [-0.2, -0.15) is 4.31 Å². The fourth-order valence-corrected chi connectivity index (χ4v) is 6.91. The molecule has 2 N–H and O–H groups in total. The van der Waals surface area contributed by atoms with E-state index >= 15 is 0 Å². The maximum atomic E-state index is 12.9. The number of thiophene rings is 1. The number of nitrogens with zero attached hydrogens (tertiary/aromatic N) is 2. The van der Waals surface area contributed by atoms with E-state index in [1.807, 2.05) is 0 Å². The predicted octanol–water partition coefficient (Wildman–Crippen LogP) is 2.84. The molecule has 0 radical (unpaired) electrons. The van der Waals surface area contributed by atoms with Crippen LogP contribution in [0.15, 0.2) is 16.3 Å². The Balaban J connectivity index is 1.35. The van der Waals surface area contributed by atoms with Crippen molar-refractivity contribution in [1.29, 1.82) is 0 Å². The number of nitrogens with one attached hydrogen (secondary N) is 2. The first-order valence-electron chi connectivity index (χ1n) is 10.9. The zero-order chi connectivity index (χ0) is 21.1. The van der Waals surface area contributed by atoms with Crippen molar-refractivity contribution >= 4 is 38.3 Å². The Hall–Kier alpha value is -1.65. The van der Waals surface area contributed by atoms with Crippen LogP contribution < -0.4 is 10.6 Å². The van der Waals surface area contributed by atoms with Gasteiger partial charge < -0.3 is 10.2 Å². The van der Waals surface area contributed by atoms with Crippen molar-refractivity contribution in [2.45, 2.75) is 61.6 Å². The summed E-state index contributed by atoms with van der Waals surface area (Å²) in [7, 11) is -3.52. The maximum absolute atomic E-state index is 12.9. The van der Waals surface area contributed by atoms with Gasteiger partial charge in [0.1, 0.15) is 4.21 Å². The number of hydrogen-bond donors (Lipinski definition) is 2. The molecule has 0 aromatic carbocycles. The van der Waals surface area contributed by atoms with Gasteiger partial charge in [0.05, 0.1) is 10.9 Å². The summed E-state index contributed by atoms with van der Waals surface area (Å²) in [4.78, 5) is 26.7. The summed E-state index contributed by atoms with van der Waals surface area (Å²) in [6, 6.07) is 3.26. The summed E-state index contributed by atoms with van der Waals surface area (Å²) in [5.74, 6) is -0.135. The monoisotopic (exact) mass is 454 g/mol. The van der Waals surface area contributed by atoms with Gasteiger partial charge in [-0.25, -0.2) is 13.2 Å². The third-order valence-electron chi connectivity index (χ3n) is 5.97. The lowest BCUT2D eigenvalue weighted by molar-refractivity contribution is -0.126. The summed E-state index contributed by atoms with van der Waals surface area (Å²) in [5.41, 5.74) is 0. The van der Waals surface area contributed by atoms with Gasteiger partial charge in [-0.1, -0.05) is 12.8 Å². The molecule has 8 nitrogen and oxygen atoms in total. The molecule has 30 heavy (non-hydrogen) atoms. The quantitative estimate of drug-likeness (QED) is 0.715. The highest BCUT2D eigenvalue weighted by Crippen LogP contribution is 2.30. The van der Waals surface area contributed by atoms with Crippen LogP contribution in [0.5, 0.6) is 0 Å². The molecule has 0 spiro atoms. The highest BCUT2D eigenvalue weighted by Gasteiger charge is 2.32. The number of rotatable bonds is 5. The fourth-order valence-electron chi connectivity index (χ4n) is 4.04. The SMILES string of the molecule is O=C(NC1CC1)C1CCCN(C(=O)Nc2ccc(S(=O)(=O)N3CCCCCC3)s2)C1. The summed E-state index contributed by atoms with van der Waals surface area (Å²) in [6.07, 6.45) is 7.57. The summed E-state index contributed by atoms with van der Waals surface area (Å²) < 4.78 is 27.7. The van der Waals surface area contributed by atoms with Crippen LogP contribution in [0.25, 0.3) is 0 Å². The number of sulfonamides is 1. The number of amides is 3. The Labute approximate surface area is 182 Å². The molecule has 3 amide bonds. The van der Waals surface area contributed by atoms with Crippen LogP contribution in [0.1, 0.15) is 51.4 Å². The Morgan fingerprint density at radius 1 is 0.967 bits per heavy atom. The molecule has 3 fully saturated rings. The van der Waals surface area contributed by atoms with Crippen LogP contribution in [-0.2, 0) is 14.8 Å². The van der Waals surface area contributed by atoms with E-state index in [1.165, 1.54) is 0 Å². The molecular weight excluding hydrogens is 424 g/mol. The first-order valence-corrected chi connectivity index (χ1v) is 13.2. The second-order valence-corrected chi connectivity index (χ2v) is 11.7. The van der Waals surface area contributed by atoms with E-state index in [0.717, 1.165) is 62.7 Å². The molecule has 2 aliphatic heterocycles. The van der Waals surface area contributed by atoms with Gasteiger partial charge in [0.15, 0.2) is 0 Å². The van der Waals surface area contributed by atoms with Crippen LogP contribution >= 0.6 is 11.3 Å². The molecule has 3 aliphatic rings. The molecule has 1 saturated carbocycles. The standard InChI is InChI=1S/C20H30N4O4S2/c25-19(21-16-7-8-16)15-6-5-11-23(14-15)20(26)22-17-9-10-18(29-17)30(27,28)24-12-3-1-2-4-13-24/h9-10,15-16H,1-8,11-14H2,(H,21,25)(H,22,26). The third-order valence-corrected chi connectivity index (χ3v) is 9.34. The lowest BCUT2D eigenvalue weighted by Crippen LogP contribution is -2.47. The van der Waals surface area contributed by atoms with Gasteiger partial charge in [-0.15, -0.1) is 11.3 Å². The molecule has 1 aliphatic carbocycles. The maximum Gasteiger partial charge on any atom is 0.322 e. The lowest BCUT2D eigenvalue weighted by atomic mass is 9.97. The zero-order valence-corrected chi connectivity index (χ0v) is 18.8. The minimum Gasteiger partial charge on any atom is -0.353 e. The van der Waals surface area contributed by atoms with Crippen molar-refractivity contribution in [2.75, 3.05) is 31.5 Å². The topological polar surface area (TPSA) is 98.8 Å². The average molecular weight is 455 g/mol. The molecule has 1 aromatic rings. The molecule has 1 aromatic heterocycles. The van der Waals surface area contributed by atoms with Crippen LogP contribution in [0.3, 0.4) is 0 Å². The number of anilines is 1. The third kappa shape index (κ3) is 5.15. The summed E-state index contributed by atoms with van der Waals surface area (Å²) in [6.45, 7) is 2.11. The highest BCUT2D eigenvalue weighted by atomic mass is 32.2. The predicted molar refractivity (Wildman–Crippen MR) is 116 cm³/mol. The van der Waals surface area contributed by atoms with Gasteiger partial charge in [0.25, 0.3) is 10.0 Å². The van der Waals surface area contributed by atoms with E-state index in [0.29, 0.717) is 37.2 Å². The van der Waals surface area contributed by atoms with Crippen LogP contribution in [0.4, 0.5) is 9.80 Å². The van der Waals surface area contributed by atoms with E-state index < -0.39 is 10.0 Å². The van der Waals surface area contributed by atoms with Crippen LogP contribution in [0, 0.1) is 5.92 Å². The molecular formula is C20H30N4O4S2. The first-order chi connectivity index (χ1) is 14.4. The molecule has 1 unspecified atom stereocenters. The van der Waals surface area contributed by atoms with E-state index in [-0.39, 0.29) is 22.1 Å². The summed E-state index contributed by atoms with van der Waals surface area (Å²) in [5, 5.41) is 6.36. The number of likely N-dealkylation sites (tertiary alicyclic amines) is 1. The number of urea groups is 1. The highest BCUT2D eigenvalue weighted by molar-refractivity contribution is 7.91. The summed E-state index contributed by atoms with van der Waals surface area (Å²) >= 11 is 1.09. The van der Waals surface area contributed by atoms with Crippen molar-refractivity contribution in [3.05, 3.63) is 12.1 Å². The largest absolute Gasteiger partial charge is 0.353 e. The molecule has 1 atom stereocenters. The van der Waals surface area contributed by atoms with E-state index in [9.17, 15) is 18.0 Å². The smallest absolute Gasteiger partial charge is 0.322 e. The van der Waals surface area contributed by atoms with Gasteiger partial charge in [-0.05, 0) is 50.7 Å². The van der Waals surface area contributed by atoms with Gasteiger partial charge in [0, 0.05) is 32.2 Å². The number of hydrogen-bond acceptors (Lipinski definition) is 5. The molecule has 2 saturated heterocycles. The molecule has 10 heteroatoms. The lowest BCUT2D eigenvalue weighted by Gasteiger charge is -2.31. The molecule has 0 bridgehead atoms. The van der Waals surface area contributed by atoms with Crippen molar-refractivity contribution in [3.8, 4) is 0 Å². The van der Waals surface area contributed by atoms with E-state index in [2.05, 4.69) is 10.6 Å². The number of carbonyl (C=O) groups is 2. The van der Waals surface area contributed by atoms with Gasteiger partial charge in [0.2, 0.25) is 5.91 Å². The van der Waals surface area contributed by atoms with Crippen molar-refractivity contribution in [3.63, 3.8) is 0 Å². The Bertz CT molecular complexity index is 873. The first kappa shape index (κ1) is 21.6. The van der Waals surface area contributed by atoms with Gasteiger partial charge in [-0.3, -0.25) is 10.1 Å². The van der Waals surface area contributed by atoms with E-state index in [1.54, 1.807) is 21.3 Å². The second kappa shape index (κ2) is 9.23. The minimum atomic E-state index is -3.52. The van der Waals surface area contributed by atoms with Crippen LogP contribution in [0.2, 0.25) is 0 Å². The zero-order valence-electron chi connectivity index (χ0n) is 17.1. The van der Waals surface area contributed by atoms with Crippen molar-refractivity contribution < 1.29 is 18.0 Å². The normalized spacial score (nSPS) is 23.6. The van der Waals surface area contributed by atoms with Crippen LogP contribution in [-0.4, -0.2) is 61.8 Å². The second-order valence-electron chi connectivity index (χ2n) is 8.44. The fraction of sp³-hybridized carbons (Fsp3) is 0.700. The van der Waals surface area contributed by atoms with Crippen molar-refractivity contribution in [1.82, 2.24) is 14.5 Å². The number of carbonyl (C=O) groups excluding carboxylic acids is 2. The Morgan fingerprint density at radius 3 is 2.40 bits per heavy atom. The Kier molecular flexibility index (Phi) is 6.64. The van der Waals surface area contributed by atoms with Crippen molar-refractivity contribution in [2.24, 2.45) is 5.92 Å².